The fourth-order valence-corrected chi connectivity index (χ4v) is 3.82. The van der Waals surface area contributed by atoms with Crippen molar-refractivity contribution in [3.63, 3.8) is 0 Å². The van der Waals surface area contributed by atoms with E-state index in [9.17, 15) is 9.59 Å². The maximum absolute atomic E-state index is 12.7. The summed E-state index contributed by atoms with van der Waals surface area (Å²) < 4.78 is 1.57. The molecule has 0 aliphatic carbocycles. The molecule has 0 atom stereocenters. The lowest BCUT2D eigenvalue weighted by atomic mass is 10.1. The Bertz CT molecular complexity index is 1050. The molecule has 0 saturated carbocycles. The van der Waals surface area contributed by atoms with Crippen LogP contribution in [0.3, 0.4) is 0 Å². The summed E-state index contributed by atoms with van der Waals surface area (Å²) in [5.41, 5.74) is 2.01. The predicted octanol–water partition coefficient (Wildman–Crippen LogP) is 3.15. The van der Waals surface area contributed by atoms with Crippen molar-refractivity contribution in [3.8, 4) is 5.69 Å². The second-order valence-corrected chi connectivity index (χ2v) is 8.00. The van der Waals surface area contributed by atoms with Crippen LogP contribution >= 0.6 is 11.6 Å². The minimum atomic E-state index is -0.214. The summed E-state index contributed by atoms with van der Waals surface area (Å²) in [7, 11) is 0. The summed E-state index contributed by atoms with van der Waals surface area (Å²) in [6, 6.07) is 14.4. The zero-order valence-corrected chi connectivity index (χ0v) is 18.1. The molecule has 2 aromatic carbocycles. The van der Waals surface area contributed by atoms with E-state index in [-0.39, 0.29) is 24.5 Å². The van der Waals surface area contributed by atoms with Crippen molar-refractivity contribution in [2.24, 2.45) is 0 Å². The minimum Gasteiger partial charge on any atom is -0.335 e. The van der Waals surface area contributed by atoms with E-state index in [1.54, 1.807) is 29.2 Å². The van der Waals surface area contributed by atoms with Crippen LogP contribution in [-0.2, 0) is 4.79 Å². The quantitative estimate of drug-likeness (QED) is 0.532. The summed E-state index contributed by atoms with van der Waals surface area (Å²) >= 11 is 6.12. The number of hydrogen-bond acceptors (Lipinski definition) is 5. The first-order chi connectivity index (χ1) is 15.6. The Morgan fingerprint density at radius 2 is 1.84 bits per heavy atom. The first kappa shape index (κ1) is 21.8. The first-order valence-corrected chi connectivity index (χ1v) is 10.7. The average Bonchev–Trinajstić information content (AvgIpc) is 3.30. The molecule has 4 rings (SSSR count). The Morgan fingerprint density at radius 3 is 2.56 bits per heavy atom. The topological polar surface area (TPSA) is 104 Å². The molecule has 1 saturated heterocycles. The number of amides is 3. The molecule has 1 fully saturated rings. The largest absolute Gasteiger partial charge is 0.335 e. The summed E-state index contributed by atoms with van der Waals surface area (Å²) in [4.78, 5) is 30.9. The fourth-order valence-electron chi connectivity index (χ4n) is 3.64. The second kappa shape index (κ2) is 10.3. The molecule has 32 heavy (non-hydrogen) atoms. The van der Waals surface area contributed by atoms with Crippen molar-refractivity contribution in [2.75, 3.05) is 30.3 Å². The minimum absolute atomic E-state index is 0.0740. The molecule has 1 aromatic heterocycles. The molecule has 3 amide bonds. The highest BCUT2D eigenvalue weighted by atomic mass is 35.5. The first-order valence-electron chi connectivity index (χ1n) is 10.4. The van der Waals surface area contributed by atoms with Gasteiger partial charge in [0.1, 0.15) is 12.7 Å². The lowest BCUT2D eigenvalue weighted by molar-refractivity contribution is -0.117. The van der Waals surface area contributed by atoms with Gasteiger partial charge >= 0.3 is 6.03 Å². The SMILES string of the molecule is O=C(CN1CCC(NC(=O)Nc2ccccc2)CC1)Nc1cc(Cl)ccc1-n1cncn1. The van der Waals surface area contributed by atoms with Gasteiger partial charge in [-0.2, -0.15) is 5.10 Å². The van der Waals surface area contributed by atoms with Crippen molar-refractivity contribution in [2.45, 2.75) is 18.9 Å². The van der Waals surface area contributed by atoms with Gasteiger partial charge in [-0.3, -0.25) is 9.69 Å². The number of para-hydroxylation sites is 1. The third-order valence-corrected chi connectivity index (χ3v) is 5.46. The molecule has 3 aromatic rings. The third-order valence-electron chi connectivity index (χ3n) is 5.22. The van der Waals surface area contributed by atoms with E-state index in [1.165, 1.54) is 6.33 Å². The van der Waals surface area contributed by atoms with Crippen molar-refractivity contribution in [1.29, 1.82) is 0 Å². The standard InChI is InChI=1S/C22H24ClN7O2/c23-16-6-7-20(30-15-24-14-25-30)19(12-16)28-21(31)13-29-10-8-18(9-11-29)27-22(32)26-17-4-2-1-3-5-17/h1-7,12,14-15,18H,8-11,13H2,(H,28,31)(H2,26,27,32). The van der Waals surface area contributed by atoms with E-state index in [1.807, 2.05) is 30.3 Å². The summed E-state index contributed by atoms with van der Waals surface area (Å²) in [5.74, 6) is -0.137. The number of rotatable bonds is 6. The molecule has 0 unspecified atom stereocenters. The Labute approximate surface area is 190 Å². The van der Waals surface area contributed by atoms with Gasteiger partial charge in [-0.25, -0.2) is 14.5 Å². The van der Waals surface area contributed by atoms with Crippen LogP contribution in [-0.4, -0.2) is 57.3 Å². The molecule has 9 nitrogen and oxygen atoms in total. The number of aromatic nitrogens is 3. The number of carbonyl (C=O) groups is 2. The van der Waals surface area contributed by atoms with E-state index >= 15 is 0 Å². The summed E-state index contributed by atoms with van der Waals surface area (Å²) in [5, 5.41) is 13.4. The number of likely N-dealkylation sites (tertiary alicyclic amines) is 1. The predicted molar refractivity (Wildman–Crippen MR) is 123 cm³/mol. The number of hydrogen-bond donors (Lipinski definition) is 3. The maximum Gasteiger partial charge on any atom is 0.319 e. The van der Waals surface area contributed by atoms with E-state index in [0.717, 1.165) is 31.6 Å². The van der Waals surface area contributed by atoms with Crippen LogP contribution in [0.1, 0.15) is 12.8 Å². The van der Waals surface area contributed by atoms with Gasteiger partial charge in [0.25, 0.3) is 0 Å². The molecule has 2 heterocycles. The van der Waals surface area contributed by atoms with Crippen LogP contribution in [0.4, 0.5) is 16.2 Å². The molecule has 0 bridgehead atoms. The monoisotopic (exact) mass is 453 g/mol. The van der Waals surface area contributed by atoms with Crippen LogP contribution in [0.2, 0.25) is 5.02 Å². The number of nitrogens with one attached hydrogen (secondary N) is 3. The number of benzene rings is 2. The highest BCUT2D eigenvalue weighted by Gasteiger charge is 2.22. The van der Waals surface area contributed by atoms with Gasteiger partial charge in [0.2, 0.25) is 5.91 Å². The van der Waals surface area contributed by atoms with Crippen LogP contribution in [0.5, 0.6) is 0 Å². The zero-order valence-electron chi connectivity index (χ0n) is 17.4. The van der Waals surface area contributed by atoms with Crippen molar-refractivity contribution >= 4 is 34.9 Å². The molecule has 3 N–H and O–H groups in total. The van der Waals surface area contributed by atoms with E-state index in [4.69, 9.17) is 11.6 Å². The van der Waals surface area contributed by atoms with Gasteiger partial charge in [-0.05, 0) is 43.2 Å². The molecule has 166 valence electrons. The molecule has 1 aliphatic rings. The number of anilines is 2. The van der Waals surface area contributed by atoms with Crippen molar-refractivity contribution < 1.29 is 9.59 Å². The Morgan fingerprint density at radius 1 is 1.06 bits per heavy atom. The second-order valence-electron chi connectivity index (χ2n) is 7.56. The molecule has 1 aliphatic heterocycles. The van der Waals surface area contributed by atoms with Crippen molar-refractivity contribution in [3.05, 3.63) is 66.2 Å². The highest BCUT2D eigenvalue weighted by Crippen LogP contribution is 2.24. The number of nitrogens with zero attached hydrogens (tertiary/aromatic N) is 4. The number of halogens is 1. The van der Waals surface area contributed by atoms with Gasteiger partial charge in [-0.15, -0.1) is 0 Å². The Kier molecular flexibility index (Phi) is 6.98. The molecule has 10 heteroatoms. The van der Waals surface area contributed by atoms with Gasteiger partial charge in [-0.1, -0.05) is 29.8 Å². The summed E-state index contributed by atoms with van der Waals surface area (Å²) in [6.45, 7) is 1.69. The Hall–Kier alpha value is -3.43. The number of piperidine rings is 1. The number of carbonyl (C=O) groups excluding carboxylic acids is 2. The van der Waals surface area contributed by atoms with E-state index < -0.39 is 0 Å². The van der Waals surface area contributed by atoms with E-state index in [0.29, 0.717) is 16.4 Å². The van der Waals surface area contributed by atoms with Crippen LogP contribution < -0.4 is 16.0 Å². The van der Waals surface area contributed by atoms with Crippen LogP contribution in [0, 0.1) is 0 Å². The lowest BCUT2D eigenvalue weighted by Gasteiger charge is -2.31. The smallest absolute Gasteiger partial charge is 0.319 e. The normalized spacial score (nSPS) is 14.7. The van der Waals surface area contributed by atoms with Crippen LogP contribution in [0.15, 0.2) is 61.2 Å². The van der Waals surface area contributed by atoms with E-state index in [2.05, 4.69) is 30.9 Å². The van der Waals surface area contributed by atoms with Gasteiger partial charge in [0.05, 0.1) is 17.9 Å². The summed E-state index contributed by atoms with van der Waals surface area (Å²) in [6.07, 6.45) is 4.54. The fraction of sp³-hybridized carbons (Fsp3) is 0.273. The average molecular weight is 454 g/mol. The van der Waals surface area contributed by atoms with Gasteiger partial charge in [0.15, 0.2) is 0 Å². The van der Waals surface area contributed by atoms with Gasteiger partial charge in [0, 0.05) is 29.8 Å². The number of urea groups is 1. The van der Waals surface area contributed by atoms with Crippen molar-refractivity contribution in [1.82, 2.24) is 25.0 Å². The molecule has 0 radical (unpaired) electrons. The Balaban J connectivity index is 1.26. The molecule has 0 spiro atoms. The molecular weight excluding hydrogens is 430 g/mol. The maximum atomic E-state index is 12.7. The lowest BCUT2D eigenvalue weighted by Crippen LogP contribution is -2.47. The highest BCUT2D eigenvalue weighted by molar-refractivity contribution is 6.31. The zero-order chi connectivity index (χ0) is 22.3. The molecular formula is C22H24ClN7O2. The van der Waals surface area contributed by atoms with Crippen LogP contribution in [0.25, 0.3) is 5.69 Å². The third kappa shape index (κ3) is 5.83. The van der Waals surface area contributed by atoms with Gasteiger partial charge < -0.3 is 16.0 Å².